The Balaban J connectivity index is 0.000000342. The lowest BCUT2D eigenvalue weighted by molar-refractivity contribution is -0.597. The first-order valence-electron chi connectivity index (χ1n) is 22.8. The molecule has 402 valence electrons. The predicted octanol–water partition coefficient (Wildman–Crippen LogP) is 5.52. The summed E-state index contributed by atoms with van der Waals surface area (Å²) < 4.78 is 40.9. The molecule has 0 amide bonds. The third-order valence-electron chi connectivity index (χ3n) is 10.9. The van der Waals surface area contributed by atoms with Crippen LogP contribution in [0, 0.1) is 24.9 Å². The topological polar surface area (TPSA) is 330 Å². The van der Waals surface area contributed by atoms with Gasteiger partial charge in [-0.25, -0.2) is 19.5 Å². The molecular formula is C50H60Cl2N16O7S. The molecule has 7 rings (SSSR count). The molecule has 0 aliphatic heterocycles. The average Bonchev–Trinajstić information content (AvgIpc) is 3.36. The first-order valence-corrected chi connectivity index (χ1v) is 24.2. The van der Waals surface area contributed by atoms with Gasteiger partial charge in [-0.05, 0) is 129 Å². The summed E-state index contributed by atoms with van der Waals surface area (Å²) in [4.78, 5) is 29.9. The van der Waals surface area contributed by atoms with Crippen molar-refractivity contribution < 1.29 is 44.7 Å². The molecule has 0 saturated heterocycles. The molecule has 7 aromatic rings. The van der Waals surface area contributed by atoms with Gasteiger partial charge >= 0.3 is 11.1 Å². The summed E-state index contributed by atoms with van der Waals surface area (Å²) in [5.74, 6) is -0.647. The maximum Gasteiger partial charge on any atom is 0.326 e. The number of halogens is 2. The summed E-state index contributed by atoms with van der Waals surface area (Å²) in [5, 5.41) is 44.9. The Hall–Kier alpha value is -8.13. The van der Waals surface area contributed by atoms with Crippen LogP contribution in [0.25, 0.3) is 11.4 Å². The van der Waals surface area contributed by atoms with E-state index in [1.807, 2.05) is 62.3 Å². The summed E-state index contributed by atoms with van der Waals surface area (Å²) in [6.07, 6.45) is 8.17. The van der Waals surface area contributed by atoms with Crippen LogP contribution in [0.15, 0.2) is 173 Å². The van der Waals surface area contributed by atoms with Gasteiger partial charge in [0.1, 0.15) is 15.8 Å². The van der Waals surface area contributed by atoms with Gasteiger partial charge in [0.05, 0.1) is 33.1 Å². The van der Waals surface area contributed by atoms with Gasteiger partial charge in [0, 0.05) is 48.7 Å². The van der Waals surface area contributed by atoms with Crippen molar-refractivity contribution in [3.8, 4) is 23.1 Å². The lowest BCUT2D eigenvalue weighted by Gasteiger charge is -2.15. The molecular weight excluding hydrogens is 1040 g/mol. The second-order valence-electron chi connectivity index (χ2n) is 17.0. The highest BCUT2D eigenvalue weighted by atomic mass is 35.5. The average molecular weight is 1100 g/mol. The van der Waals surface area contributed by atoms with Gasteiger partial charge in [0.15, 0.2) is 36.2 Å². The van der Waals surface area contributed by atoms with Crippen LogP contribution >= 0.6 is 12.4 Å². The molecule has 0 bridgehead atoms. The smallest absolute Gasteiger partial charge is 0.326 e. The largest absolute Gasteiger partial charge is 1.00 e. The molecule has 0 radical (unpaired) electrons. The van der Waals surface area contributed by atoms with Crippen molar-refractivity contribution in [3.05, 3.63) is 160 Å². The van der Waals surface area contributed by atoms with Crippen molar-refractivity contribution in [2.45, 2.75) is 44.7 Å². The van der Waals surface area contributed by atoms with E-state index in [1.54, 1.807) is 108 Å². The number of aromatic nitrogens is 4. The summed E-state index contributed by atoms with van der Waals surface area (Å²) in [7, 11) is 2.80. The monoisotopic (exact) mass is 1100 g/mol. The van der Waals surface area contributed by atoms with Gasteiger partial charge in [-0.3, -0.25) is 18.7 Å². The number of hydrogen-bond acceptors (Lipinski definition) is 19. The number of anilines is 2. The molecule has 0 spiro atoms. The molecule has 3 aromatic carbocycles. The van der Waals surface area contributed by atoms with E-state index in [0.717, 1.165) is 18.7 Å². The number of nitrogens with two attached hydrogens (primary N) is 2. The molecule has 76 heavy (non-hydrogen) atoms. The number of nitrogens with zero attached hydrogens (tertiary/aromatic N) is 12. The molecule has 4 heterocycles. The van der Waals surface area contributed by atoms with Crippen LogP contribution in [0.2, 0.25) is 0 Å². The van der Waals surface area contributed by atoms with E-state index in [9.17, 15) is 32.8 Å². The number of aromatic hydroxyl groups is 2. The van der Waals surface area contributed by atoms with Gasteiger partial charge in [-0.1, -0.05) is 18.2 Å². The first kappa shape index (κ1) is 62.2. The molecule has 26 heteroatoms. The van der Waals surface area contributed by atoms with E-state index in [-0.39, 0.29) is 71.2 Å². The zero-order chi connectivity index (χ0) is 54.1. The van der Waals surface area contributed by atoms with Crippen molar-refractivity contribution in [2.24, 2.45) is 30.7 Å². The third kappa shape index (κ3) is 16.7. The zero-order valence-electron chi connectivity index (χ0n) is 42.5. The Morgan fingerprint density at radius 2 is 1.01 bits per heavy atom. The number of pyridine rings is 4. The highest BCUT2D eigenvalue weighted by Crippen LogP contribution is 2.36. The van der Waals surface area contributed by atoms with Crippen LogP contribution in [-0.4, -0.2) is 83.4 Å². The maximum atomic E-state index is 13.3. The Labute approximate surface area is 451 Å². The SMILES string of the molecule is Cc1c(N=Nc2cc(N=N)ccc2S(=O)(=O)[O-])c(O)n(CCCN(C)C)c(=O)c1-[n+]1ccccc1.Cc1c(N=Nc2ccc(N=N)cc2)c(O)n(CCCN(C)C)c(=O)c1-[n+]1ccccc1.Cl.Nc1cccc(N)c1.[Cl-]. The van der Waals surface area contributed by atoms with Crippen LogP contribution in [0.5, 0.6) is 11.8 Å². The molecule has 0 aliphatic carbocycles. The van der Waals surface area contributed by atoms with Gasteiger partial charge in [-0.15, -0.1) is 27.7 Å². The van der Waals surface area contributed by atoms with E-state index in [4.69, 9.17) is 22.5 Å². The van der Waals surface area contributed by atoms with Crippen molar-refractivity contribution in [1.82, 2.24) is 18.9 Å². The molecule has 0 atom stereocenters. The number of rotatable bonds is 17. The lowest BCUT2D eigenvalue weighted by Crippen LogP contribution is -3.00. The van der Waals surface area contributed by atoms with E-state index in [2.05, 4.69) is 30.7 Å². The quantitative estimate of drug-likeness (QED) is 0.0285. The van der Waals surface area contributed by atoms with E-state index >= 15 is 0 Å². The summed E-state index contributed by atoms with van der Waals surface area (Å²) >= 11 is 0. The fraction of sp³-hybridized carbons (Fsp3) is 0.240. The number of nitrogen functional groups attached to an aromatic ring is 2. The molecule has 0 fully saturated rings. The van der Waals surface area contributed by atoms with Crippen molar-refractivity contribution in [2.75, 3.05) is 52.7 Å². The Kier molecular flexibility index (Phi) is 23.8. The summed E-state index contributed by atoms with van der Waals surface area (Å²) in [5.41, 5.74) is 28.1. The molecule has 0 saturated carbocycles. The third-order valence-corrected chi connectivity index (χ3v) is 11.8. The van der Waals surface area contributed by atoms with Gasteiger partial charge in [-0.2, -0.15) is 24.5 Å². The van der Waals surface area contributed by atoms with Crippen LogP contribution in [0.4, 0.5) is 45.5 Å². The summed E-state index contributed by atoms with van der Waals surface area (Å²) in [6.45, 7) is 5.31. The highest BCUT2D eigenvalue weighted by molar-refractivity contribution is 7.86. The van der Waals surface area contributed by atoms with E-state index < -0.39 is 26.5 Å². The first-order chi connectivity index (χ1) is 35.2. The maximum absolute atomic E-state index is 13.3. The highest BCUT2D eigenvalue weighted by Gasteiger charge is 2.27. The van der Waals surface area contributed by atoms with E-state index in [0.29, 0.717) is 65.5 Å². The fourth-order valence-electron chi connectivity index (χ4n) is 7.26. The van der Waals surface area contributed by atoms with Gasteiger partial charge < -0.3 is 48.4 Å². The minimum absolute atomic E-state index is 0. The van der Waals surface area contributed by atoms with Crippen LogP contribution < -0.4 is 44.1 Å². The standard InChI is InChI=1S/C22H25N7O5S.C22H25N7O2.C6H8N2.2ClH/c1-15-19(26-25-17-14-16(24-23)8-9-18(17)35(32,33)34)21(30)29(13-7-10-27(2)3)22(31)20(15)28-11-5-4-6-12-28;1-16-19(26-25-18-10-8-17(24-23)9-11-18)21(30)29(15-7-12-27(2)3)22(31)20(16)28-13-5-4-6-14-28;7-5-2-1-3-6(8)4-5;;/h4-6,8-9,11-12,14,23H,7,10,13H2,1-3H3,(H-,25,30,31,32,33,34);4-6,8-11,13-14H,7,12,15H2,1-3H3,(H-,23,25,30,31);1-4H,7-8H2;2*1H. The lowest BCUT2D eigenvalue weighted by atomic mass is 10.2. The summed E-state index contributed by atoms with van der Waals surface area (Å²) in [6, 6.07) is 27.9. The Morgan fingerprint density at radius 3 is 1.39 bits per heavy atom. The van der Waals surface area contributed by atoms with Crippen LogP contribution in [-0.2, 0) is 23.2 Å². The Morgan fingerprint density at radius 1 is 0.605 bits per heavy atom. The van der Waals surface area contributed by atoms with Crippen molar-refractivity contribution in [1.29, 1.82) is 11.1 Å². The number of azo groups is 2. The number of hydrogen-bond donors (Lipinski definition) is 6. The van der Waals surface area contributed by atoms with Gasteiger partial charge in [0.2, 0.25) is 11.8 Å². The fourth-order valence-corrected chi connectivity index (χ4v) is 7.85. The number of benzene rings is 3. The normalized spacial score (nSPS) is 11.1. The minimum atomic E-state index is -4.90. The second-order valence-corrected chi connectivity index (χ2v) is 18.3. The van der Waals surface area contributed by atoms with Crippen LogP contribution in [0.1, 0.15) is 24.0 Å². The molecule has 4 aromatic heterocycles. The molecule has 8 N–H and O–H groups in total. The molecule has 0 unspecified atom stereocenters. The van der Waals surface area contributed by atoms with E-state index in [1.165, 1.54) is 15.2 Å². The zero-order valence-corrected chi connectivity index (χ0v) is 44.9. The Bertz CT molecular complexity index is 3360. The van der Waals surface area contributed by atoms with Crippen molar-refractivity contribution in [3.63, 3.8) is 0 Å². The van der Waals surface area contributed by atoms with Gasteiger partial charge in [0.25, 0.3) is 11.4 Å². The minimum Gasteiger partial charge on any atom is -1.00 e. The second kappa shape index (κ2) is 29.1. The molecule has 0 aliphatic rings. The van der Waals surface area contributed by atoms with Crippen molar-refractivity contribution >= 4 is 68.0 Å². The van der Waals surface area contributed by atoms with Crippen LogP contribution in [0.3, 0.4) is 0 Å². The predicted molar refractivity (Wildman–Crippen MR) is 285 cm³/mol. The number of nitrogens with one attached hydrogen (secondary N) is 2. The molecule has 23 nitrogen and oxygen atoms in total.